The maximum atomic E-state index is 5.54. The molecule has 0 radical (unpaired) electrons. The second-order valence-electron chi connectivity index (χ2n) is 3.68. The molecule has 98 valence electrons. The predicted molar refractivity (Wildman–Crippen MR) is 67.4 cm³/mol. The van der Waals surface area contributed by atoms with E-state index in [1.54, 1.807) is 6.20 Å². The molecule has 1 aromatic rings. The van der Waals surface area contributed by atoms with Gasteiger partial charge in [0.05, 0.1) is 12.4 Å². The Hall–Kier alpha value is -1.07. The fourth-order valence-corrected chi connectivity index (χ4v) is 1.40. The van der Waals surface area contributed by atoms with E-state index >= 15 is 0 Å². The molecule has 0 bridgehead atoms. The summed E-state index contributed by atoms with van der Waals surface area (Å²) in [6.07, 6.45) is 4.70. The summed E-state index contributed by atoms with van der Waals surface area (Å²) in [6.45, 7) is 9.05. The topological polar surface area (TPSA) is 48.3 Å². The highest BCUT2D eigenvalue weighted by atomic mass is 16.5. The van der Waals surface area contributed by atoms with Crippen LogP contribution in [0, 0.1) is 0 Å². The molecule has 5 heteroatoms. The molecule has 1 heterocycles. The lowest BCUT2D eigenvalue weighted by atomic mass is 10.4. The molecule has 1 aromatic heterocycles. The minimum Gasteiger partial charge on any atom is -0.489 e. The number of ether oxygens (including phenoxy) is 2. The first kappa shape index (κ1) is 14.0. The van der Waals surface area contributed by atoms with Gasteiger partial charge in [-0.1, -0.05) is 0 Å². The van der Waals surface area contributed by atoms with Crippen LogP contribution < -0.4 is 10.1 Å². The van der Waals surface area contributed by atoms with E-state index in [0.29, 0.717) is 6.61 Å². The average molecular weight is 241 g/mol. The Kier molecular flexibility index (Phi) is 7.42. The van der Waals surface area contributed by atoms with Crippen molar-refractivity contribution < 1.29 is 9.47 Å². The Bertz CT molecular complexity index is 289. The quantitative estimate of drug-likeness (QED) is 0.627. The highest BCUT2D eigenvalue weighted by Crippen LogP contribution is 2.06. The fourth-order valence-electron chi connectivity index (χ4n) is 1.40. The molecule has 0 saturated carbocycles. The molecule has 0 aliphatic carbocycles. The van der Waals surface area contributed by atoms with Gasteiger partial charge in [0, 0.05) is 26.3 Å². The Balaban J connectivity index is 1.93. The van der Waals surface area contributed by atoms with Crippen molar-refractivity contribution in [3.05, 3.63) is 12.4 Å². The van der Waals surface area contributed by atoms with Gasteiger partial charge in [-0.2, -0.15) is 5.10 Å². The van der Waals surface area contributed by atoms with Crippen molar-refractivity contribution in [3.8, 4) is 5.75 Å². The summed E-state index contributed by atoms with van der Waals surface area (Å²) < 4.78 is 12.6. The molecule has 0 amide bonds. The van der Waals surface area contributed by atoms with Gasteiger partial charge in [-0.3, -0.25) is 4.68 Å². The summed E-state index contributed by atoms with van der Waals surface area (Å²) in [5.74, 6) is 0.836. The van der Waals surface area contributed by atoms with Crippen LogP contribution in [-0.2, 0) is 11.3 Å². The molecule has 0 saturated heterocycles. The van der Waals surface area contributed by atoms with Gasteiger partial charge < -0.3 is 14.8 Å². The van der Waals surface area contributed by atoms with Gasteiger partial charge in [0.25, 0.3) is 0 Å². The zero-order chi connectivity index (χ0) is 12.3. The van der Waals surface area contributed by atoms with Crippen molar-refractivity contribution >= 4 is 0 Å². The van der Waals surface area contributed by atoms with Crippen LogP contribution in [0.15, 0.2) is 12.4 Å². The first-order chi connectivity index (χ1) is 8.36. The predicted octanol–water partition coefficient (Wildman–Crippen LogP) is 1.30. The lowest BCUT2D eigenvalue weighted by molar-refractivity contribution is 0.144. The molecular formula is C12H23N3O2. The minimum absolute atomic E-state index is 0.671. The normalized spacial score (nSPS) is 10.7. The SMILES string of the molecule is CCOCCCNCCOc1cnn(CC)c1. The summed E-state index contributed by atoms with van der Waals surface area (Å²) in [6, 6.07) is 0. The van der Waals surface area contributed by atoms with Crippen LogP contribution in [0.1, 0.15) is 20.3 Å². The maximum Gasteiger partial charge on any atom is 0.157 e. The van der Waals surface area contributed by atoms with Gasteiger partial charge in [-0.25, -0.2) is 0 Å². The average Bonchev–Trinajstić information content (AvgIpc) is 2.80. The zero-order valence-corrected chi connectivity index (χ0v) is 10.8. The van der Waals surface area contributed by atoms with Gasteiger partial charge >= 0.3 is 0 Å². The molecule has 0 atom stereocenters. The molecule has 0 aromatic carbocycles. The Morgan fingerprint density at radius 1 is 1.29 bits per heavy atom. The number of nitrogens with zero attached hydrogens (tertiary/aromatic N) is 2. The highest BCUT2D eigenvalue weighted by molar-refractivity contribution is 5.11. The molecule has 0 unspecified atom stereocenters. The zero-order valence-electron chi connectivity index (χ0n) is 10.8. The van der Waals surface area contributed by atoms with Crippen molar-refractivity contribution in [1.82, 2.24) is 15.1 Å². The number of rotatable bonds is 10. The van der Waals surface area contributed by atoms with Gasteiger partial charge in [-0.05, 0) is 26.8 Å². The smallest absolute Gasteiger partial charge is 0.157 e. The summed E-state index contributed by atoms with van der Waals surface area (Å²) in [5, 5.41) is 7.44. The van der Waals surface area contributed by atoms with Crippen molar-refractivity contribution in [2.24, 2.45) is 0 Å². The van der Waals surface area contributed by atoms with Crippen molar-refractivity contribution in [1.29, 1.82) is 0 Å². The van der Waals surface area contributed by atoms with Crippen LogP contribution in [0.5, 0.6) is 5.75 Å². The van der Waals surface area contributed by atoms with E-state index < -0.39 is 0 Å². The van der Waals surface area contributed by atoms with Crippen LogP contribution in [0.3, 0.4) is 0 Å². The Morgan fingerprint density at radius 2 is 2.18 bits per heavy atom. The van der Waals surface area contributed by atoms with Crippen molar-refractivity contribution in [2.45, 2.75) is 26.8 Å². The van der Waals surface area contributed by atoms with Crippen LogP contribution in [0.25, 0.3) is 0 Å². The number of hydrogen-bond donors (Lipinski definition) is 1. The molecule has 1 rings (SSSR count). The van der Waals surface area contributed by atoms with Gasteiger partial charge in [-0.15, -0.1) is 0 Å². The summed E-state index contributed by atoms with van der Waals surface area (Å²) in [5.41, 5.74) is 0. The highest BCUT2D eigenvalue weighted by Gasteiger charge is 1.97. The van der Waals surface area contributed by atoms with Crippen LogP contribution >= 0.6 is 0 Å². The van der Waals surface area contributed by atoms with Gasteiger partial charge in [0.1, 0.15) is 6.61 Å². The van der Waals surface area contributed by atoms with E-state index in [1.807, 2.05) is 17.8 Å². The Labute approximate surface area is 103 Å². The lowest BCUT2D eigenvalue weighted by Gasteiger charge is -2.05. The standard InChI is InChI=1S/C12H23N3O2/c1-3-15-11-12(10-14-15)17-9-7-13-6-5-8-16-4-2/h10-11,13H,3-9H2,1-2H3. The lowest BCUT2D eigenvalue weighted by Crippen LogP contribution is -2.22. The Morgan fingerprint density at radius 3 is 2.88 bits per heavy atom. The third-order valence-electron chi connectivity index (χ3n) is 2.33. The van der Waals surface area contributed by atoms with Gasteiger partial charge in [0.2, 0.25) is 0 Å². The maximum absolute atomic E-state index is 5.54. The second-order valence-corrected chi connectivity index (χ2v) is 3.68. The number of aromatic nitrogens is 2. The van der Waals surface area contributed by atoms with E-state index in [-0.39, 0.29) is 0 Å². The third kappa shape index (κ3) is 6.28. The van der Waals surface area contributed by atoms with E-state index in [2.05, 4.69) is 17.3 Å². The third-order valence-corrected chi connectivity index (χ3v) is 2.33. The number of aryl methyl sites for hydroxylation is 1. The summed E-state index contributed by atoms with van der Waals surface area (Å²) >= 11 is 0. The monoisotopic (exact) mass is 241 g/mol. The first-order valence-corrected chi connectivity index (χ1v) is 6.30. The van der Waals surface area contributed by atoms with E-state index in [0.717, 1.165) is 45.0 Å². The number of hydrogen-bond acceptors (Lipinski definition) is 4. The molecule has 0 aliphatic heterocycles. The molecule has 17 heavy (non-hydrogen) atoms. The van der Waals surface area contributed by atoms with Crippen LogP contribution in [0.2, 0.25) is 0 Å². The molecular weight excluding hydrogens is 218 g/mol. The fraction of sp³-hybridized carbons (Fsp3) is 0.750. The molecule has 0 spiro atoms. The van der Waals surface area contributed by atoms with E-state index in [4.69, 9.17) is 9.47 Å². The largest absolute Gasteiger partial charge is 0.489 e. The van der Waals surface area contributed by atoms with Crippen LogP contribution in [-0.4, -0.2) is 42.7 Å². The van der Waals surface area contributed by atoms with Crippen molar-refractivity contribution in [2.75, 3.05) is 32.9 Å². The van der Waals surface area contributed by atoms with Gasteiger partial charge in [0.15, 0.2) is 5.75 Å². The molecule has 0 fully saturated rings. The molecule has 5 nitrogen and oxygen atoms in total. The van der Waals surface area contributed by atoms with Crippen molar-refractivity contribution in [3.63, 3.8) is 0 Å². The number of nitrogens with one attached hydrogen (secondary N) is 1. The summed E-state index contributed by atoms with van der Waals surface area (Å²) in [7, 11) is 0. The minimum atomic E-state index is 0.671. The first-order valence-electron chi connectivity index (χ1n) is 6.30. The summed E-state index contributed by atoms with van der Waals surface area (Å²) in [4.78, 5) is 0. The second kappa shape index (κ2) is 9.01. The van der Waals surface area contributed by atoms with E-state index in [1.165, 1.54) is 0 Å². The molecule has 0 aliphatic rings. The molecule has 1 N–H and O–H groups in total. The van der Waals surface area contributed by atoms with Crippen LogP contribution in [0.4, 0.5) is 0 Å². The van der Waals surface area contributed by atoms with E-state index in [9.17, 15) is 0 Å².